The normalized spacial score (nSPS) is 22.9. The molecule has 1 aromatic rings. The van der Waals surface area contributed by atoms with E-state index in [9.17, 15) is 0 Å². The third-order valence-electron chi connectivity index (χ3n) is 2.67. The van der Waals surface area contributed by atoms with Crippen LogP contribution in [0.25, 0.3) is 0 Å². The lowest BCUT2D eigenvalue weighted by Crippen LogP contribution is -2.26. The first-order chi connectivity index (χ1) is 6.75. The third-order valence-corrected chi connectivity index (χ3v) is 2.90. The molecule has 1 atom stereocenters. The molecule has 1 aliphatic rings. The Morgan fingerprint density at radius 2 is 2.43 bits per heavy atom. The zero-order valence-electron chi connectivity index (χ0n) is 8.12. The van der Waals surface area contributed by atoms with Crippen molar-refractivity contribution in [2.45, 2.75) is 25.4 Å². The van der Waals surface area contributed by atoms with Crippen molar-refractivity contribution < 1.29 is 0 Å². The number of hydrogen-bond acceptors (Lipinski definition) is 2. The van der Waals surface area contributed by atoms with Crippen molar-refractivity contribution in [1.29, 1.82) is 0 Å². The molecule has 0 amide bonds. The molecule has 2 rings (SSSR count). The first-order valence-electron chi connectivity index (χ1n) is 4.93. The Morgan fingerprint density at radius 3 is 3.00 bits per heavy atom. The van der Waals surface area contributed by atoms with E-state index in [0.29, 0.717) is 11.2 Å². The van der Waals surface area contributed by atoms with Crippen molar-refractivity contribution >= 4 is 11.6 Å². The molecule has 0 saturated carbocycles. The number of pyridine rings is 1. The lowest BCUT2D eigenvalue weighted by Gasteiger charge is -2.20. The van der Waals surface area contributed by atoms with Crippen LogP contribution in [0, 0.1) is 6.92 Å². The van der Waals surface area contributed by atoms with Crippen LogP contribution in [-0.4, -0.2) is 22.5 Å². The highest BCUT2D eigenvalue weighted by Gasteiger charge is 2.19. The van der Waals surface area contributed by atoms with Crippen molar-refractivity contribution in [3.05, 3.63) is 36.0 Å². The Hall–Kier alpha value is -0.600. The standard InChI is InChI=1S/C11H14ClN2/c1-9-3-2-6-14(9)8-10-4-5-11(12)13-7-10/h4-5,7,9H,1-3,6,8H2. The Morgan fingerprint density at radius 1 is 1.57 bits per heavy atom. The fourth-order valence-electron chi connectivity index (χ4n) is 1.84. The molecule has 0 aromatic carbocycles. The number of hydrogen-bond donors (Lipinski definition) is 0. The molecule has 0 N–H and O–H groups in total. The largest absolute Gasteiger partial charge is 0.296 e. The average Bonchev–Trinajstić information content (AvgIpc) is 2.56. The van der Waals surface area contributed by atoms with Gasteiger partial charge in [-0.15, -0.1) is 0 Å². The Labute approximate surface area is 89.9 Å². The minimum absolute atomic E-state index is 0.464. The highest BCUT2D eigenvalue weighted by atomic mass is 35.5. The first-order valence-corrected chi connectivity index (χ1v) is 5.31. The van der Waals surface area contributed by atoms with Crippen LogP contribution in [0.15, 0.2) is 18.3 Å². The van der Waals surface area contributed by atoms with Crippen LogP contribution in [0.3, 0.4) is 0 Å². The van der Waals surface area contributed by atoms with E-state index in [2.05, 4.69) is 16.8 Å². The monoisotopic (exact) mass is 209 g/mol. The van der Waals surface area contributed by atoms with Crippen LogP contribution >= 0.6 is 11.6 Å². The molecule has 3 heteroatoms. The predicted molar refractivity (Wildman–Crippen MR) is 58.0 cm³/mol. The second-order valence-corrected chi connectivity index (χ2v) is 4.14. The van der Waals surface area contributed by atoms with Gasteiger partial charge in [-0.1, -0.05) is 17.7 Å². The highest BCUT2D eigenvalue weighted by molar-refractivity contribution is 6.29. The Bertz CT molecular complexity index is 297. The summed E-state index contributed by atoms with van der Waals surface area (Å²) in [6, 6.07) is 4.33. The lowest BCUT2D eigenvalue weighted by atomic mass is 10.2. The van der Waals surface area contributed by atoms with Gasteiger partial charge >= 0.3 is 0 Å². The molecule has 0 aliphatic carbocycles. The summed E-state index contributed by atoms with van der Waals surface area (Å²) < 4.78 is 0. The molecule has 0 spiro atoms. The van der Waals surface area contributed by atoms with Gasteiger partial charge in [0.15, 0.2) is 0 Å². The van der Waals surface area contributed by atoms with Gasteiger partial charge in [-0.3, -0.25) is 4.90 Å². The van der Waals surface area contributed by atoms with Crippen LogP contribution in [0.5, 0.6) is 0 Å². The SMILES string of the molecule is [CH2]C1CCCN1Cc1ccc(Cl)nc1. The van der Waals surface area contributed by atoms with Crippen molar-refractivity contribution in [2.75, 3.05) is 6.54 Å². The molecule has 1 fully saturated rings. The number of halogens is 1. The summed E-state index contributed by atoms with van der Waals surface area (Å²) in [7, 11) is 0. The van der Waals surface area contributed by atoms with E-state index in [-0.39, 0.29) is 0 Å². The second-order valence-electron chi connectivity index (χ2n) is 3.76. The minimum atomic E-state index is 0.464. The van der Waals surface area contributed by atoms with Crippen molar-refractivity contribution in [3.8, 4) is 0 Å². The minimum Gasteiger partial charge on any atom is -0.296 e. The van der Waals surface area contributed by atoms with E-state index in [1.54, 1.807) is 0 Å². The van der Waals surface area contributed by atoms with Gasteiger partial charge in [0, 0.05) is 18.8 Å². The van der Waals surface area contributed by atoms with Crippen LogP contribution in [-0.2, 0) is 6.54 Å². The number of likely N-dealkylation sites (tertiary alicyclic amines) is 1. The van der Waals surface area contributed by atoms with Crippen molar-refractivity contribution in [2.24, 2.45) is 0 Å². The summed E-state index contributed by atoms with van der Waals surface area (Å²) in [4.78, 5) is 6.44. The summed E-state index contributed by atoms with van der Waals surface area (Å²) in [5, 5.41) is 0.557. The fourth-order valence-corrected chi connectivity index (χ4v) is 1.95. The smallest absolute Gasteiger partial charge is 0.129 e. The maximum absolute atomic E-state index is 5.72. The van der Waals surface area contributed by atoms with Crippen molar-refractivity contribution in [3.63, 3.8) is 0 Å². The number of rotatable bonds is 2. The molecule has 1 saturated heterocycles. The summed E-state index contributed by atoms with van der Waals surface area (Å²) in [5.74, 6) is 0. The Balaban J connectivity index is 2.00. The molecule has 1 unspecified atom stereocenters. The van der Waals surface area contributed by atoms with Gasteiger partial charge in [-0.2, -0.15) is 0 Å². The predicted octanol–water partition coefficient (Wildman–Crippen LogP) is 2.53. The van der Waals surface area contributed by atoms with Gasteiger partial charge < -0.3 is 0 Å². The summed E-state index contributed by atoms with van der Waals surface area (Å²) >= 11 is 5.72. The van der Waals surface area contributed by atoms with Gasteiger partial charge in [0.2, 0.25) is 0 Å². The Kier molecular flexibility index (Phi) is 3.04. The van der Waals surface area contributed by atoms with Gasteiger partial charge in [0.25, 0.3) is 0 Å². The van der Waals surface area contributed by atoms with Crippen LogP contribution in [0.4, 0.5) is 0 Å². The fraction of sp³-hybridized carbons (Fsp3) is 0.455. The van der Waals surface area contributed by atoms with Crippen molar-refractivity contribution in [1.82, 2.24) is 9.88 Å². The molecular weight excluding hydrogens is 196 g/mol. The van der Waals surface area contributed by atoms with E-state index < -0.39 is 0 Å². The lowest BCUT2D eigenvalue weighted by molar-refractivity contribution is 0.279. The van der Waals surface area contributed by atoms with Gasteiger partial charge in [0.05, 0.1) is 0 Å². The third kappa shape index (κ3) is 2.25. The maximum Gasteiger partial charge on any atom is 0.129 e. The molecule has 75 valence electrons. The summed E-state index contributed by atoms with van der Waals surface area (Å²) in [6.45, 7) is 6.20. The summed E-state index contributed by atoms with van der Waals surface area (Å²) in [6.07, 6.45) is 4.31. The zero-order chi connectivity index (χ0) is 9.97. The second kappa shape index (κ2) is 4.28. The molecular formula is C11H14ClN2. The molecule has 14 heavy (non-hydrogen) atoms. The molecule has 1 radical (unpaired) electrons. The summed E-state index contributed by atoms with van der Waals surface area (Å²) in [5.41, 5.74) is 1.21. The van der Waals surface area contributed by atoms with E-state index in [0.717, 1.165) is 13.1 Å². The molecule has 0 bridgehead atoms. The average molecular weight is 210 g/mol. The number of aromatic nitrogens is 1. The van der Waals surface area contributed by atoms with Crippen LogP contribution in [0.2, 0.25) is 5.15 Å². The van der Waals surface area contributed by atoms with Crippen LogP contribution in [0.1, 0.15) is 18.4 Å². The molecule has 2 nitrogen and oxygen atoms in total. The van der Waals surface area contributed by atoms with E-state index in [4.69, 9.17) is 11.6 Å². The molecule has 1 aliphatic heterocycles. The highest BCUT2D eigenvalue weighted by Crippen LogP contribution is 2.19. The van der Waals surface area contributed by atoms with Gasteiger partial charge in [-0.25, -0.2) is 4.98 Å². The van der Waals surface area contributed by atoms with Gasteiger partial charge in [0.1, 0.15) is 5.15 Å². The van der Waals surface area contributed by atoms with Gasteiger partial charge in [-0.05, 0) is 37.9 Å². The molecule has 2 heterocycles. The molecule has 1 aromatic heterocycles. The maximum atomic E-state index is 5.72. The van der Waals surface area contributed by atoms with E-state index in [1.165, 1.54) is 18.4 Å². The quantitative estimate of drug-likeness (QED) is 0.696. The zero-order valence-corrected chi connectivity index (χ0v) is 8.87. The number of nitrogens with zero attached hydrogens (tertiary/aromatic N) is 2. The topological polar surface area (TPSA) is 16.1 Å². The van der Waals surface area contributed by atoms with Crippen LogP contribution < -0.4 is 0 Å². The first kappa shape index (κ1) is 9.94. The van der Waals surface area contributed by atoms with E-state index in [1.807, 2.05) is 18.3 Å². The van der Waals surface area contributed by atoms with E-state index >= 15 is 0 Å².